The van der Waals surface area contributed by atoms with E-state index in [2.05, 4.69) is 10.3 Å². The lowest BCUT2D eigenvalue weighted by Gasteiger charge is -2.35. The number of imidazole rings is 1. The van der Waals surface area contributed by atoms with Crippen LogP contribution in [0.1, 0.15) is 29.0 Å². The highest BCUT2D eigenvalue weighted by Gasteiger charge is 2.37. The van der Waals surface area contributed by atoms with E-state index < -0.39 is 29.0 Å². The van der Waals surface area contributed by atoms with E-state index in [0.717, 1.165) is 12.1 Å². The van der Waals surface area contributed by atoms with Gasteiger partial charge in [-0.1, -0.05) is 6.07 Å². The Morgan fingerprint density at radius 2 is 1.97 bits per heavy atom. The second kappa shape index (κ2) is 7.93. The first-order valence-electron chi connectivity index (χ1n) is 9.65. The molecule has 1 fully saturated rings. The first-order chi connectivity index (χ1) is 14.7. The highest BCUT2D eigenvalue weighted by atomic mass is 19.4. The van der Waals surface area contributed by atoms with Crippen LogP contribution in [0.25, 0.3) is 16.8 Å². The van der Waals surface area contributed by atoms with E-state index in [0.29, 0.717) is 37.6 Å². The minimum absolute atomic E-state index is 0.0595. The molecule has 0 spiro atoms. The number of carbonyl (C=O) groups is 1. The molecule has 1 aromatic carbocycles. The highest BCUT2D eigenvalue weighted by Crippen LogP contribution is 2.33. The third-order valence-electron chi connectivity index (χ3n) is 5.51. The highest BCUT2D eigenvalue weighted by molar-refractivity contribution is 5.92. The molecule has 1 aliphatic heterocycles. The van der Waals surface area contributed by atoms with Gasteiger partial charge in [0.15, 0.2) is 11.2 Å². The standard InChI is InChI=1S/C21H19F4N3O3/c22-15-11-13(21(23,24)25)4-5-14(15)17-16-3-1-2-8-28(16)18(26-17)19(30)27-20(12-29)6-9-31-10-7-20/h1-5,8,11,29H,6-7,9-10,12H2,(H,27,30)/p+1. The number of halogens is 4. The molecule has 1 amide bonds. The molecular weight excluding hydrogens is 418 g/mol. The Morgan fingerprint density at radius 1 is 1.23 bits per heavy atom. The maximum atomic E-state index is 14.6. The lowest BCUT2D eigenvalue weighted by Crippen LogP contribution is -2.55. The molecular formula is C21H20F4N3O3+. The number of aromatic amines is 1. The summed E-state index contributed by atoms with van der Waals surface area (Å²) in [5.41, 5.74) is -1.46. The van der Waals surface area contributed by atoms with Crippen molar-refractivity contribution in [2.75, 3.05) is 19.8 Å². The van der Waals surface area contributed by atoms with Gasteiger partial charge >= 0.3 is 17.9 Å². The fourth-order valence-corrected chi connectivity index (χ4v) is 3.73. The largest absolute Gasteiger partial charge is 0.416 e. The van der Waals surface area contributed by atoms with Crippen molar-refractivity contribution in [1.82, 2.24) is 10.3 Å². The molecule has 0 bridgehead atoms. The van der Waals surface area contributed by atoms with Crippen LogP contribution in [0.4, 0.5) is 17.6 Å². The Labute approximate surface area is 174 Å². The van der Waals surface area contributed by atoms with E-state index in [1.807, 2.05) is 0 Å². The molecule has 0 unspecified atom stereocenters. The minimum atomic E-state index is -4.67. The summed E-state index contributed by atoms with van der Waals surface area (Å²) in [6.45, 7) is 0.509. The molecule has 4 rings (SSSR count). The van der Waals surface area contributed by atoms with E-state index in [-0.39, 0.29) is 23.7 Å². The molecule has 164 valence electrons. The summed E-state index contributed by atoms with van der Waals surface area (Å²) in [6.07, 6.45) is -2.22. The normalized spacial score (nSPS) is 16.4. The van der Waals surface area contributed by atoms with E-state index in [4.69, 9.17) is 4.74 Å². The minimum Gasteiger partial charge on any atom is -0.394 e. The van der Waals surface area contributed by atoms with Crippen molar-refractivity contribution in [2.45, 2.75) is 24.6 Å². The number of carbonyl (C=O) groups excluding carboxylic acids is 1. The number of H-pyrrole nitrogens is 1. The van der Waals surface area contributed by atoms with Crippen molar-refractivity contribution >= 4 is 11.4 Å². The zero-order chi connectivity index (χ0) is 22.2. The van der Waals surface area contributed by atoms with E-state index in [1.54, 1.807) is 24.4 Å². The van der Waals surface area contributed by atoms with Crippen molar-refractivity contribution in [2.24, 2.45) is 0 Å². The van der Waals surface area contributed by atoms with Gasteiger partial charge in [0.05, 0.1) is 29.5 Å². The summed E-state index contributed by atoms with van der Waals surface area (Å²) in [7, 11) is 0. The van der Waals surface area contributed by atoms with Gasteiger partial charge in [-0.25, -0.2) is 9.37 Å². The second-order valence-corrected chi connectivity index (χ2v) is 7.50. The summed E-state index contributed by atoms with van der Waals surface area (Å²) >= 11 is 0. The van der Waals surface area contributed by atoms with E-state index >= 15 is 0 Å². The predicted octanol–water partition coefficient (Wildman–Crippen LogP) is 2.85. The van der Waals surface area contributed by atoms with Gasteiger partial charge in [-0.2, -0.15) is 17.6 Å². The second-order valence-electron chi connectivity index (χ2n) is 7.50. The fourth-order valence-electron chi connectivity index (χ4n) is 3.73. The Morgan fingerprint density at radius 3 is 2.61 bits per heavy atom. The van der Waals surface area contributed by atoms with Crippen molar-refractivity contribution in [3.63, 3.8) is 0 Å². The van der Waals surface area contributed by atoms with Crippen molar-refractivity contribution in [1.29, 1.82) is 0 Å². The molecule has 0 radical (unpaired) electrons. The summed E-state index contributed by atoms with van der Waals surface area (Å²) < 4.78 is 60.1. The monoisotopic (exact) mass is 438 g/mol. The van der Waals surface area contributed by atoms with E-state index in [9.17, 15) is 27.5 Å². The quantitative estimate of drug-likeness (QED) is 0.433. The molecule has 2 aromatic heterocycles. The lowest BCUT2D eigenvalue weighted by molar-refractivity contribution is -0.514. The number of fused-ring (bicyclic) bond motifs is 1. The lowest BCUT2D eigenvalue weighted by atomic mass is 9.91. The molecule has 6 nitrogen and oxygen atoms in total. The van der Waals surface area contributed by atoms with Gasteiger partial charge in [0, 0.05) is 13.2 Å². The molecule has 0 saturated carbocycles. The van der Waals surface area contributed by atoms with Crippen LogP contribution in [0.3, 0.4) is 0 Å². The number of pyridine rings is 1. The number of amides is 1. The van der Waals surface area contributed by atoms with Crippen LogP contribution in [-0.4, -0.2) is 41.4 Å². The van der Waals surface area contributed by atoms with Crippen LogP contribution in [0, 0.1) is 5.82 Å². The molecule has 1 aliphatic rings. The molecule has 1 saturated heterocycles. The van der Waals surface area contributed by atoms with Crippen molar-refractivity contribution < 1.29 is 36.6 Å². The van der Waals surface area contributed by atoms with Gasteiger partial charge in [-0.15, -0.1) is 0 Å². The van der Waals surface area contributed by atoms with Gasteiger partial charge < -0.3 is 15.2 Å². The molecule has 0 atom stereocenters. The zero-order valence-corrected chi connectivity index (χ0v) is 16.3. The van der Waals surface area contributed by atoms with Crippen LogP contribution in [0.2, 0.25) is 0 Å². The Kier molecular flexibility index (Phi) is 5.44. The molecule has 31 heavy (non-hydrogen) atoms. The van der Waals surface area contributed by atoms with Gasteiger partial charge in [0.2, 0.25) is 0 Å². The first kappa shape index (κ1) is 21.3. The van der Waals surface area contributed by atoms with Gasteiger partial charge in [0.1, 0.15) is 5.82 Å². The number of nitrogens with zero attached hydrogens (tertiary/aromatic N) is 1. The summed E-state index contributed by atoms with van der Waals surface area (Å²) in [4.78, 5) is 15.9. The summed E-state index contributed by atoms with van der Waals surface area (Å²) in [5.74, 6) is -1.54. The summed E-state index contributed by atoms with van der Waals surface area (Å²) in [5, 5.41) is 12.7. The van der Waals surface area contributed by atoms with Crippen LogP contribution < -0.4 is 9.72 Å². The topological polar surface area (TPSA) is 78.4 Å². The third kappa shape index (κ3) is 4.00. The van der Waals surface area contributed by atoms with Crippen LogP contribution in [-0.2, 0) is 10.9 Å². The number of benzene rings is 1. The first-order valence-corrected chi connectivity index (χ1v) is 9.65. The third-order valence-corrected chi connectivity index (χ3v) is 5.51. The number of aliphatic hydroxyl groups is 1. The number of alkyl halides is 3. The van der Waals surface area contributed by atoms with Gasteiger partial charge in [0.25, 0.3) is 0 Å². The van der Waals surface area contributed by atoms with Crippen LogP contribution >= 0.6 is 0 Å². The fraction of sp³-hybridized carbons (Fsp3) is 0.333. The van der Waals surface area contributed by atoms with E-state index in [1.165, 1.54) is 4.40 Å². The van der Waals surface area contributed by atoms with Crippen LogP contribution in [0.15, 0.2) is 42.6 Å². The average Bonchev–Trinajstić information content (AvgIpc) is 3.13. The number of rotatable bonds is 4. The molecule has 10 heteroatoms. The smallest absolute Gasteiger partial charge is 0.394 e. The molecule has 3 heterocycles. The maximum absolute atomic E-state index is 14.6. The summed E-state index contributed by atoms with van der Waals surface area (Å²) in [6, 6.07) is 7.21. The predicted molar refractivity (Wildman–Crippen MR) is 102 cm³/mol. The number of aliphatic hydroxyl groups excluding tert-OH is 1. The molecule has 3 N–H and O–H groups in total. The maximum Gasteiger partial charge on any atom is 0.416 e. The zero-order valence-electron chi connectivity index (χ0n) is 16.3. The Balaban J connectivity index is 1.76. The Hall–Kier alpha value is -2.98. The average molecular weight is 438 g/mol. The van der Waals surface area contributed by atoms with Gasteiger partial charge in [-0.3, -0.25) is 4.79 Å². The molecule has 3 aromatic rings. The number of hydrogen-bond donors (Lipinski definition) is 3. The number of hydrogen-bond acceptors (Lipinski definition) is 3. The SMILES string of the molecule is O=C(NC1(CO)CCOCC1)c1[nH]c(-c2ccc(C(F)(F)F)cc2F)c2cccc[n+]12. The van der Waals surface area contributed by atoms with Crippen LogP contribution in [0.5, 0.6) is 0 Å². The Bertz CT molecular complexity index is 1120. The number of ether oxygens (including phenoxy) is 1. The van der Waals surface area contributed by atoms with Crippen molar-refractivity contribution in [3.05, 3.63) is 59.8 Å². The molecule has 0 aliphatic carbocycles. The van der Waals surface area contributed by atoms with Gasteiger partial charge in [-0.05, 0) is 43.2 Å². The number of nitrogens with one attached hydrogen (secondary N) is 2. The van der Waals surface area contributed by atoms with Crippen molar-refractivity contribution in [3.8, 4) is 11.3 Å². The number of aromatic nitrogens is 2.